The fourth-order valence-corrected chi connectivity index (χ4v) is 6.34. The third-order valence-corrected chi connectivity index (χ3v) is 9.47. The topological polar surface area (TPSA) is 161 Å². The summed E-state index contributed by atoms with van der Waals surface area (Å²) in [7, 11) is -8.93. The van der Waals surface area contributed by atoms with Crippen molar-refractivity contribution in [1.82, 2.24) is 0 Å². The van der Waals surface area contributed by atoms with Crippen LogP contribution in [0.4, 0.5) is 0 Å². The second kappa shape index (κ2) is 12.4. The Morgan fingerprint density at radius 1 is 0.683 bits per heavy atom. The molecule has 0 amide bonds. The molecular formula is C26H16Cl2O10S3. The van der Waals surface area contributed by atoms with E-state index in [1.165, 1.54) is 54.6 Å². The van der Waals surface area contributed by atoms with Crippen molar-refractivity contribution in [3.63, 3.8) is 0 Å². The number of sulfone groups is 1. The summed E-state index contributed by atoms with van der Waals surface area (Å²) in [4.78, 5) is 25.6. The SMILES string of the molecule is O=C(c1cccc(SOOO)c1)c1cc(S(=O)(=O)c2ccc(Cl)c(C(=O)c3cccc(S(=O)(=O)O)c3)c2)ccc1Cl. The van der Waals surface area contributed by atoms with E-state index < -0.39 is 36.4 Å². The molecule has 0 saturated carbocycles. The first-order valence-electron chi connectivity index (χ1n) is 11.1. The lowest BCUT2D eigenvalue weighted by Crippen LogP contribution is -2.09. The summed E-state index contributed by atoms with van der Waals surface area (Å²) >= 11 is 13.1. The number of halogens is 2. The van der Waals surface area contributed by atoms with Gasteiger partial charge in [-0.15, -0.1) is 4.33 Å². The van der Waals surface area contributed by atoms with Gasteiger partial charge in [-0.1, -0.05) is 52.5 Å². The van der Waals surface area contributed by atoms with Crippen LogP contribution in [-0.2, 0) is 29.3 Å². The first-order chi connectivity index (χ1) is 19.3. The summed E-state index contributed by atoms with van der Waals surface area (Å²) in [6, 6.07) is 17.4. The minimum Gasteiger partial charge on any atom is -0.289 e. The number of rotatable bonds is 10. The minimum atomic E-state index is -4.60. The van der Waals surface area contributed by atoms with Gasteiger partial charge in [-0.2, -0.15) is 8.42 Å². The van der Waals surface area contributed by atoms with Gasteiger partial charge in [0, 0.05) is 27.1 Å². The summed E-state index contributed by atoms with van der Waals surface area (Å²) in [6.07, 6.45) is 0. The third-order valence-electron chi connectivity index (χ3n) is 5.64. The molecular weight excluding hydrogens is 639 g/mol. The van der Waals surface area contributed by atoms with Gasteiger partial charge < -0.3 is 0 Å². The molecule has 0 saturated heterocycles. The van der Waals surface area contributed by atoms with Crippen molar-refractivity contribution < 1.29 is 45.6 Å². The molecule has 0 fully saturated rings. The van der Waals surface area contributed by atoms with Gasteiger partial charge in [-0.25, -0.2) is 13.7 Å². The zero-order valence-corrected chi connectivity index (χ0v) is 24.2. The lowest BCUT2D eigenvalue weighted by Gasteiger charge is -2.11. The molecule has 0 atom stereocenters. The second-order valence-corrected chi connectivity index (χ2v) is 13.2. The molecule has 41 heavy (non-hydrogen) atoms. The third kappa shape index (κ3) is 6.86. The van der Waals surface area contributed by atoms with E-state index in [9.17, 15) is 31.0 Å². The Kier molecular flexibility index (Phi) is 9.33. The van der Waals surface area contributed by atoms with E-state index in [1.54, 1.807) is 6.07 Å². The molecule has 0 aliphatic rings. The van der Waals surface area contributed by atoms with Gasteiger partial charge in [-0.05, 0) is 60.7 Å². The Morgan fingerprint density at radius 2 is 1.20 bits per heavy atom. The highest BCUT2D eigenvalue weighted by Crippen LogP contribution is 2.31. The van der Waals surface area contributed by atoms with E-state index in [1.807, 2.05) is 0 Å². The molecule has 0 radical (unpaired) electrons. The second-order valence-electron chi connectivity index (χ2n) is 8.20. The average molecular weight is 656 g/mol. The van der Waals surface area contributed by atoms with Gasteiger partial charge in [0.05, 0.1) is 36.8 Å². The largest absolute Gasteiger partial charge is 0.294 e. The van der Waals surface area contributed by atoms with Gasteiger partial charge in [-0.3, -0.25) is 14.1 Å². The van der Waals surface area contributed by atoms with Gasteiger partial charge in [0.2, 0.25) is 9.84 Å². The molecule has 212 valence electrons. The zero-order valence-electron chi connectivity index (χ0n) is 20.2. The smallest absolute Gasteiger partial charge is 0.289 e. The normalized spacial score (nSPS) is 11.8. The molecule has 4 aromatic carbocycles. The average Bonchev–Trinajstić information content (AvgIpc) is 2.95. The summed E-state index contributed by atoms with van der Waals surface area (Å²) < 4.78 is 63.8. The maximum absolute atomic E-state index is 13.6. The molecule has 0 bridgehead atoms. The van der Waals surface area contributed by atoms with Crippen LogP contribution < -0.4 is 0 Å². The molecule has 0 spiro atoms. The van der Waals surface area contributed by atoms with Crippen molar-refractivity contribution in [3.05, 3.63) is 117 Å². The number of benzene rings is 4. The summed E-state index contributed by atoms with van der Waals surface area (Å²) in [5.74, 6) is -1.40. The molecule has 4 rings (SSSR count). The Morgan fingerprint density at radius 3 is 1.71 bits per heavy atom. The van der Waals surface area contributed by atoms with Gasteiger partial charge in [0.15, 0.2) is 11.6 Å². The predicted octanol–water partition coefficient (Wildman–Crippen LogP) is 5.96. The van der Waals surface area contributed by atoms with Crippen LogP contribution in [0.15, 0.2) is 105 Å². The zero-order chi connectivity index (χ0) is 29.9. The molecule has 0 aromatic heterocycles. The van der Waals surface area contributed by atoms with Crippen molar-refractivity contribution in [1.29, 1.82) is 0 Å². The van der Waals surface area contributed by atoms with Crippen LogP contribution >= 0.6 is 35.2 Å². The molecule has 2 N–H and O–H groups in total. The van der Waals surface area contributed by atoms with E-state index in [-0.39, 0.29) is 42.1 Å². The van der Waals surface area contributed by atoms with Crippen molar-refractivity contribution in [3.8, 4) is 0 Å². The quantitative estimate of drug-likeness (QED) is 0.0682. The number of carbonyl (C=O) groups is 2. The number of hydrogen-bond donors (Lipinski definition) is 2. The van der Waals surface area contributed by atoms with E-state index in [0.29, 0.717) is 16.9 Å². The predicted molar refractivity (Wildman–Crippen MR) is 149 cm³/mol. The molecule has 0 aliphatic heterocycles. The maximum atomic E-state index is 13.6. The highest BCUT2D eigenvalue weighted by atomic mass is 35.5. The van der Waals surface area contributed by atoms with E-state index in [2.05, 4.69) is 9.37 Å². The van der Waals surface area contributed by atoms with Crippen LogP contribution in [0.5, 0.6) is 0 Å². The number of hydrogen-bond acceptors (Lipinski definition) is 10. The highest BCUT2D eigenvalue weighted by molar-refractivity contribution is 7.94. The van der Waals surface area contributed by atoms with Crippen molar-refractivity contribution in [2.75, 3.05) is 0 Å². The van der Waals surface area contributed by atoms with Crippen molar-refractivity contribution in [2.45, 2.75) is 19.6 Å². The first-order valence-corrected chi connectivity index (χ1v) is 15.5. The minimum absolute atomic E-state index is 0.0207. The summed E-state index contributed by atoms with van der Waals surface area (Å²) in [6.45, 7) is 0. The Hall–Kier alpha value is -3.11. The lowest BCUT2D eigenvalue weighted by molar-refractivity contribution is -0.432. The molecule has 4 aromatic rings. The fraction of sp³-hybridized carbons (Fsp3) is 0. The Labute approximate surface area is 248 Å². The van der Waals surface area contributed by atoms with E-state index in [4.69, 9.17) is 28.5 Å². The first kappa shape index (κ1) is 30.8. The van der Waals surface area contributed by atoms with Crippen LogP contribution in [0.3, 0.4) is 0 Å². The summed E-state index contributed by atoms with van der Waals surface area (Å²) in [5.41, 5.74) is -0.387. The highest BCUT2D eigenvalue weighted by Gasteiger charge is 2.25. The van der Waals surface area contributed by atoms with Crippen LogP contribution in [0, 0.1) is 0 Å². The lowest BCUT2D eigenvalue weighted by atomic mass is 10.0. The number of ketones is 2. The van der Waals surface area contributed by atoms with Crippen LogP contribution in [0.2, 0.25) is 10.0 Å². The van der Waals surface area contributed by atoms with Gasteiger partial charge >= 0.3 is 0 Å². The van der Waals surface area contributed by atoms with Crippen LogP contribution in [-0.4, -0.2) is 38.2 Å². The fourth-order valence-electron chi connectivity index (χ4n) is 3.68. The van der Waals surface area contributed by atoms with Crippen LogP contribution in [0.1, 0.15) is 31.8 Å². The van der Waals surface area contributed by atoms with Crippen molar-refractivity contribution in [2.24, 2.45) is 0 Å². The molecule has 0 aliphatic carbocycles. The molecule has 0 unspecified atom stereocenters. The Bertz CT molecular complexity index is 1890. The van der Waals surface area contributed by atoms with E-state index >= 15 is 0 Å². The number of carbonyl (C=O) groups excluding carboxylic acids is 2. The Balaban J connectivity index is 1.72. The monoisotopic (exact) mass is 654 g/mol. The molecule has 10 nitrogen and oxygen atoms in total. The maximum Gasteiger partial charge on any atom is 0.294 e. The van der Waals surface area contributed by atoms with Crippen LogP contribution in [0.25, 0.3) is 0 Å². The van der Waals surface area contributed by atoms with Crippen molar-refractivity contribution >= 4 is 66.8 Å². The standard InChI is InChI=1S/C26H16Cl2O10S3/c27-23-9-7-18(13-21(23)25(29)15-3-1-5-17(11-15)39-38-37-31)40(32,33)19-8-10-24(28)22(14-19)26(30)16-4-2-6-20(12-16)41(34,35)36/h1-14,31H,(H,34,35,36). The molecule has 15 heteroatoms. The summed E-state index contributed by atoms with van der Waals surface area (Å²) in [5, 5.41) is 11.8. The molecule has 0 heterocycles. The van der Waals surface area contributed by atoms with E-state index in [0.717, 1.165) is 24.3 Å². The van der Waals surface area contributed by atoms with Gasteiger partial charge in [0.25, 0.3) is 10.1 Å². The van der Waals surface area contributed by atoms with Gasteiger partial charge in [0.1, 0.15) is 0 Å².